The molecule has 0 spiro atoms. The lowest BCUT2D eigenvalue weighted by atomic mass is 9.77. The van der Waals surface area contributed by atoms with E-state index >= 15 is 0 Å². The first kappa shape index (κ1) is 10.7. The van der Waals surface area contributed by atoms with Crippen molar-refractivity contribution in [1.29, 1.82) is 0 Å². The summed E-state index contributed by atoms with van der Waals surface area (Å²) in [4.78, 5) is 11.0. The van der Waals surface area contributed by atoms with Gasteiger partial charge in [0, 0.05) is 25.7 Å². The molecule has 3 nitrogen and oxygen atoms in total. The first-order valence-electron chi connectivity index (χ1n) is 4.79. The molecule has 0 radical (unpaired) electrons. The van der Waals surface area contributed by atoms with Gasteiger partial charge in [0.2, 0.25) is 0 Å². The third kappa shape index (κ3) is 2.78. The molecule has 0 amide bonds. The highest BCUT2D eigenvalue weighted by Crippen LogP contribution is 2.33. The Labute approximate surface area is 79.4 Å². The number of rotatable bonds is 4. The number of aldehydes is 1. The Morgan fingerprint density at radius 2 is 2.15 bits per heavy atom. The molecular formula is C10H18O3. The molecule has 0 aromatic rings. The third-order valence-electron chi connectivity index (χ3n) is 2.83. The second kappa shape index (κ2) is 4.72. The van der Waals surface area contributed by atoms with Crippen LogP contribution in [0.3, 0.4) is 0 Å². The maximum atomic E-state index is 11.0. The van der Waals surface area contributed by atoms with Gasteiger partial charge >= 0.3 is 0 Å². The van der Waals surface area contributed by atoms with Gasteiger partial charge in [-0.25, -0.2) is 0 Å². The van der Waals surface area contributed by atoms with Crippen molar-refractivity contribution in [3.8, 4) is 0 Å². The molecule has 0 aromatic heterocycles. The SMILES string of the molecule is COC(C)CC1(C=O)CCOCC1. The fraction of sp³-hybridized carbons (Fsp3) is 0.900. The number of ether oxygens (including phenoxy) is 2. The molecule has 13 heavy (non-hydrogen) atoms. The molecule has 1 unspecified atom stereocenters. The van der Waals surface area contributed by atoms with E-state index < -0.39 is 0 Å². The van der Waals surface area contributed by atoms with Crippen LogP contribution in [0.2, 0.25) is 0 Å². The molecule has 0 N–H and O–H groups in total. The van der Waals surface area contributed by atoms with E-state index in [2.05, 4.69) is 0 Å². The molecule has 1 rings (SSSR count). The summed E-state index contributed by atoms with van der Waals surface area (Å²) in [5, 5.41) is 0. The van der Waals surface area contributed by atoms with Crippen molar-refractivity contribution in [2.45, 2.75) is 32.3 Å². The van der Waals surface area contributed by atoms with Gasteiger partial charge in [0.25, 0.3) is 0 Å². The average molecular weight is 186 g/mol. The van der Waals surface area contributed by atoms with Crippen molar-refractivity contribution in [3.63, 3.8) is 0 Å². The lowest BCUT2D eigenvalue weighted by molar-refractivity contribution is -0.124. The Balaban J connectivity index is 2.52. The van der Waals surface area contributed by atoms with E-state index in [1.165, 1.54) is 0 Å². The monoisotopic (exact) mass is 186 g/mol. The molecule has 0 saturated carbocycles. The zero-order valence-electron chi connectivity index (χ0n) is 8.41. The molecule has 1 fully saturated rings. The zero-order chi connectivity index (χ0) is 9.73. The average Bonchev–Trinajstić information content (AvgIpc) is 2.19. The predicted octanol–water partition coefficient (Wildman–Crippen LogP) is 1.41. The Morgan fingerprint density at radius 1 is 1.54 bits per heavy atom. The Kier molecular flexibility index (Phi) is 3.88. The van der Waals surface area contributed by atoms with Crippen molar-refractivity contribution < 1.29 is 14.3 Å². The summed E-state index contributed by atoms with van der Waals surface area (Å²) in [6, 6.07) is 0. The summed E-state index contributed by atoms with van der Waals surface area (Å²) in [7, 11) is 1.68. The summed E-state index contributed by atoms with van der Waals surface area (Å²) in [6.45, 7) is 3.41. The number of carbonyl (C=O) groups excluding carboxylic acids is 1. The van der Waals surface area contributed by atoms with Crippen LogP contribution >= 0.6 is 0 Å². The molecule has 3 heteroatoms. The van der Waals surface area contributed by atoms with E-state index in [-0.39, 0.29) is 11.5 Å². The van der Waals surface area contributed by atoms with Crippen LogP contribution in [0.4, 0.5) is 0 Å². The zero-order valence-corrected chi connectivity index (χ0v) is 8.41. The van der Waals surface area contributed by atoms with E-state index in [9.17, 15) is 4.79 Å². The largest absolute Gasteiger partial charge is 0.382 e. The van der Waals surface area contributed by atoms with Gasteiger partial charge in [0.1, 0.15) is 6.29 Å². The van der Waals surface area contributed by atoms with Crippen molar-refractivity contribution in [3.05, 3.63) is 0 Å². The predicted molar refractivity (Wildman–Crippen MR) is 49.6 cm³/mol. The molecule has 1 aliphatic heterocycles. The van der Waals surface area contributed by atoms with Gasteiger partial charge in [-0.2, -0.15) is 0 Å². The third-order valence-corrected chi connectivity index (χ3v) is 2.83. The summed E-state index contributed by atoms with van der Waals surface area (Å²) in [5.41, 5.74) is -0.187. The minimum absolute atomic E-state index is 0.156. The second-order valence-corrected chi connectivity index (χ2v) is 3.84. The Hall–Kier alpha value is -0.410. The van der Waals surface area contributed by atoms with Gasteiger partial charge < -0.3 is 14.3 Å². The minimum Gasteiger partial charge on any atom is -0.382 e. The van der Waals surface area contributed by atoms with Crippen LogP contribution < -0.4 is 0 Å². The first-order valence-corrected chi connectivity index (χ1v) is 4.79. The molecule has 0 aromatic carbocycles. The van der Waals surface area contributed by atoms with Crippen molar-refractivity contribution >= 4 is 6.29 Å². The highest BCUT2D eigenvalue weighted by atomic mass is 16.5. The molecule has 76 valence electrons. The van der Waals surface area contributed by atoms with Crippen LogP contribution in [0.25, 0.3) is 0 Å². The fourth-order valence-electron chi connectivity index (χ4n) is 1.80. The topological polar surface area (TPSA) is 35.5 Å². The normalized spacial score (nSPS) is 23.8. The van der Waals surface area contributed by atoms with Crippen molar-refractivity contribution in [1.82, 2.24) is 0 Å². The summed E-state index contributed by atoms with van der Waals surface area (Å²) >= 11 is 0. The second-order valence-electron chi connectivity index (χ2n) is 3.84. The Morgan fingerprint density at radius 3 is 2.62 bits per heavy atom. The van der Waals surface area contributed by atoms with E-state index in [4.69, 9.17) is 9.47 Å². The number of hydrogen-bond donors (Lipinski definition) is 0. The van der Waals surface area contributed by atoms with E-state index in [0.717, 1.165) is 25.5 Å². The number of methoxy groups -OCH3 is 1. The first-order chi connectivity index (χ1) is 6.22. The summed E-state index contributed by atoms with van der Waals surface area (Å²) in [5.74, 6) is 0. The van der Waals surface area contributed by atoms with Crippen LogP contribution in [0.1, 0.15) is 26.2 Å². The summed E-state index contributed by atoms with van der Waals surface area (Å²) < 4.78 is 10.4. The van der Waals surface area contributed by atoms with E-state index in [1.54, 1.807) is 7.11 Å². The van der Waals surface area contributed by atoms with Crippen LogP contribution in [-0.4, -0.2) is 32.7 Å². The van der Waals surface area contributed by atoms with Gasteiger partial charge in [-0.15, -0.1) is 0 Å². The maximum absolute atomic E-state index is 11.0. The van der Waals surface area contributed by atoms with Gasteiger partial charge in [-0.1, -0.05) is 0 Å². The van der Waals surface area contributed by atoms with Crippen LogP contribution in [0.5, 0.6) is 0 Å². The van der Waals surface area contributed by atoms with Gasteiger partial charge in [-0.3, -0.25) is 0 Å². The smallest absolute Gasteiger partial charge is 0.126 e. The number of hydrogen-bond acceptors (Lipinski definition) is 3. The highest BCUT2D eigenvalue weighted by Gasteiger charge is 2.33. The standard InChI is InChI=1S/C10H18O3/c1-9(12-2)7-10(8-11)3-5-13-6-4-10/h8-9H,3-7H2,1-2H3. The molecule has 1 heterocycles. The lowest BCUT2D eigenvalue weighted by Gasteiger charge is -2.33. The molecule has 0 aliphatic carbocycles. The van der Waals surface area contributed by atoms with E-state index in [0.29, 0.717) is 13.2 Å². The lowest BCUT2D eigenvalue weighted by Crippen LogP contribution is -2.34. The molecular weight excluding hydrogens is 168 g/mol. The Bertz CT molecular complexity index is 162. The molecule has 1 saturated heterocycles. The number of carbonyl (C=O) groups is 1. The molecule has 1 aliphatic rings. The molecule has 1 atom stereocenters. The quantitative estimate of drug-likeness (QED) is 0.623. The van der Waals surface area contributed by atoms with Gasteiger partial charge in [0.05, 0.1) is 6.10 Å². The molecule has 0 bridgehead atoms. The van der Waals surface area contributed by atoms with Crippen molar-refractivity contribution in [2.75, 3.05) is 20.3 Å². The van der Waals surface area contributed by atoms with E-state index in [1.807, 2.05) is 6.92 Å². The summed E-state index contributed by atoms with van der Waals surface area (Å²) in [6.07, 6.45) is 3.74. The van der Waals surface area contributed by atoms with Crippen LogP contribution in [-0.2, 0) is 14.3 Å². The van der Waals surface area contributed by atoms with Crippen LogP contribution in [0, 0.1) is 5.41 Å². The van der Waals surface area contributed by atoms with Crippen LogP contribution in [0.15, 0.2) is 0 Å². The fourth-order valence-corrected chi connectivity index (χ4v) is 1.80. The maximum Gasteiger partial charge on any atom is 0.126 e. The highest BCUT2D eigenvalue weighted by molar-refractivity contribution is 5.59. The van der Waals surface area contributed by atoms with Crippen molar-refractivity contribution in [2.24, 2.45) is 5.41 Å². The van der Waals surface area contributed by atoms with Gasteiger partial charge in [-0.05, 0) is 26.2 Å². The minimum atomic E-state index is -0.187. The van der Waals surface area contributed by atoms with Gasteiger partial charge in [0.15, 0.2) is 0 Å².